The molecular weight excluding hydrogens is 316 g/mol. The lowest BCUT2D eigenvalue weighted by molar-refractivity contribution is -0.117. The average molecular weight is 338 g/mol. The molecule has 1 aliphatic rings. The minimum Gasteiger partial charge on any atom is -0.496 e. The zero-order valence-electron chi connectivity index (χ0n) is 14.5. The van der Waals surface area contributed by atoms with Crippen LogP contribution in [0.1, 0.15) is 24.0 Å². The van der Waals surface area contributed by atoms with E-state index in [2.05, 4.69) is 5.32 Å². The highest BCUT2D eigenvalue weighted by Gasteiger charge is 2.21. The number of anilines is 2. The topological polar surface area (TPSA) is 58.6 Å². The molecule has 2 aromatic carbocycles. The monoisotopic (exact) mass is 338 g/mol. The number of nitrogens with zero attached hydrogens (tertiary/aromatic N) is 1. The van der Waals surface area contributed by atoms with Gasteiger partial charge < -0.3 is 15.0 Å². The van der Waals surface area contributed by atoms with Crippen LogP contribution >= 0.6 is 0 Å². The number of hydrogen-bond donors (Lipinski definition) is 1. The predicted octanol–water partition coefficient (Wildman–Crippen LogP) is 3.31. The highest BCUT2D eigenvalue weighted by molar-refractivity contribution is 5.97. The second-order valence-electron chi connectivity index (χ2n) is 6.24. The lowest BCUT2D eigenvalue weighted by atomic mass is 10.1. The van der Waals surface area contributed by atoms with E-state index in [1.54, 1.807) is 12.0 Å². The zero-order valence-corrected chi connectivity index (χ0v) is 14.5. The molecule has 5 nitrogen and oxygen atoms in total. The van der Waals surface area contributed by atoms with Crippen molar-refractivity contribution in [2.75, 3.05) is 23.9 Å². The van der Waals surface area contributed by atoms with Crippen molar-refractivity contribution >= 4 is 23.2 Å². The van der Waals surface area contributed by atoms with E-state index in [0.717, 1.165) is 29.8 Å². The number of aryl methyl sites for hydroxylation is 1. The van der Waals surface area contributed by atoms with Crippen LogP contribution in [0.15, 0.2) is 42.5 Å². The van der Waals surface area contributed by atoms with Crippen LogP contribution in [0, 0.1) is 6.92 Å². The molecule has 0 bridgehead atoms. The summed E-state index contributed by atoms with van der Waals surface area (Å²) >= 11 is 0. The molecule has 130 valence electrons. The maximum atomic E-state index is 12.4. The van der Waals surface area contributed by atoms with Crippen molar-refractivity contribution in [3.8, 4) is 5.75 Å². The number of methoxy groups -OCH3 is 1. The highest BCUT2D eigenvalue weighted by Crippen LogP contribution is 2.25. The predicted molar refractivity (Wildman–Crippen MR) is 98.1 cm³/mol. The summed E-state index contributed by atoms with van der Waals surface area (Å²) in [7, 11) is 1.60. The van der Waals surface area contributed by atoms with E-state index in [1.807, 2.05) is 49.4 Å². The van der Waals surface area contributed by atoms with Gasteiger partial charge in [0.1, 0.15) is 5.75 Å². The summed E-state index contributed by atoms with van der Waals surface area (Å²) in [5, 5.41) is 2.91. The van der Waals surface area contributed by atoms with E-state index in [1.165, 1.54) is 0 Å². The van der Waals surface area contributed by atoms with Crippen molar-refractivity contribution in [2.45, 2.75) is 26.2 Å². The Morgan fingerprint density at radius 1 is 1.24 bits per heavy atom. The van der Waals surface area contributed by atoms with Crippen LogP contribution in [0.5, 0.6) is 5.75 Å². The molecule has 0 spiro atoms. The van der Waals surface area contributed by atoms with Gasteiger partial charge in [-0.15, -0.1) is 0 Å². The lowest BCUT2D eigenvalue weighted by Crippen LogP contribution is -2.23. The van der Waals surface area contributed by atoms with E-state index in [-0.39, 0.29) is 18.2 Å². The SMILES string of the molecule is COc1ccc(C)cc1CC(=O)Nc1cccc(N2CCCC2=O)c1. The third-order valence-electron chi connectivity index (χ3n) is 4.30. The van der Waals surface area contributed by atoms with Gasteiger partial charge in [-0.25, -0.2) is 0 Å². The summed E-state index contributed by atoms with van der Waals surface area (Å²) in [6.45, 7) is 2.72. The Morgan fingerprint density at radius 3 is 2.80 bits per heavy atom. The molecule has 1 aliphatic heterocycles. The van der Waals surface area contributed by atoms with E-state index in [9.17, 15) is 9.59 Å². The van der Waals surface area contributed by atoms with Gasteiger partial charge in [0.2, 0.25) is 11.8 Å². The van der Waals surface area contributed by atoms with Crippen LogP contribution in [0.2, 0.25) is 0 Å². The molecule has 2 aromatic rings. The van der Waals surface area contributed by atoms with Crippen molar-refractivity contribution in [2.24, 2.45) is 0 Å². The molecule has 1 heterocycles. The molecule has 0 unspecified atom stereocenters. The molecule has 25 heavy (non-hydrogen) atoms. The van der Waals surface area contributed by atoms with Gasteiger partial charge in [0, 0.05) is 29.9 Å². The van der Waals surface area contributed by atoms with E-state index >= 15 is 0 Å². The first kappa shape index (κ1) is 17.0. The summed E-state index contributed by atoms with van der Waals surface area (Å²) in [4.78, 5) is 26.1. The molecular formula is C20H22N2O3. The highest BCUT2D eigenvalue weighted by atomic mass is 16.5. The van der Waals surface area contributed by atoms with Crippen molar-refractivity contribution in [3.05, 3.63) is 53.6 Å². The van der Waals surface area contributed by atoms with Crippen LogP contribution in [-0.2, 0) is 16.0 Å². The van der Waals surface area contributed by atoms with E-state index in [0.29, 0.717) is 17.9 Å². The molecule has 3 rings (SSSR count). The van der Waals surface area contributed by atoms with Crippen molar-refractivity contribution < 1.29 is 14.3 Å². The first-order chi connectivity index (χ1) is 12.1. The quantitative estimate of drug-likeness (QED) is 0.910. The van der Waals surface area contributed by atoms with Crippen molar-refractivity contribution in [1.29, 1.82) is 0 Å². The fraction of sp³-hybridized carbons (Fsp3) is 0.300. The molecule has 5 heteroatoms. The second-order valence-corrected chi connectivity index (χ2v) is 6.24. The molecule has 0 radical (unpaired) electrons. The van der Waals surface area contributed by atoms with E-state index in [4.69, 9.17) is 4.74 Å². The van der Waals surface area contributed by atoms with Gasteiger partial charge in [0.15, 0.2) is 0 Å². The Bertz CT molecular complexity index is 801. The Kier molecular flexibility index (Phi) is 5.03. The number of carbonyl (C=O) groups is 2. The molecule has 0 saturated carbocycles. The van der Waals surface area contributed by atoms with Crippen LogP contribution in [0.4, 0.5) is 11.4 Å². The normalized spacial score (nSPS) is 13.8. The van der Waals surface area contributed by atoms with Crippen LogP contribution in [0.25, 0.3) is 0 Å². The summed E-state index contributed by atoms with van der Waals surface area (Å²) in [5.74, 6) is 0.721. The second kappa shape index (κ2) is 7.38. The van der Waals surface area contributed by atoms with Gasteiger partial charge in [-0.1, -0.05) is 23.8 Å². The molecule has 0 atom stereocenters. The first-order valence-electron chi connectivity index (χ1n) is 8.40. The fourth-order valence-corrected chi connectivity index (χ4v) is 3.10. The van der Waals surface area contributed by atoms with Gasteiger partial charge in [0.05, 0.1) is 13.5 Å². The van der Waals surface area contributed by atoms with Gasteiger partial charge in [-0.3, -0.25) is 9.59 Å². The molecule has 1 fully saturated rings. The number of carbonyl (C=O) groups excluding carboxylic acids is 2. The number of nitrogens with one attached hydrogen (secondary N) is 1. The Balaban J connectivity index is 1.71. The van der Waals surface area contributed by atoms with Crippen molar-refractivity contribution in [3.63, 3.8) is 0 Å². The Labute approximate surface area is 147 Å². The maximum Gasteiger partial charge on any atom is 0.228 e. The number of ether oxygens (including phenoxy) is 1. The maximum absolute atomic E-state index is 12.4. The third-order valence-corrected chi connectivity index (χ3v) is 4.30. The Hall–Kier alpha value is -2.82. The number of benzene rings is 2. The summed E-state index contributed by atoms with van der Waals surface area (Å²) in [6.07, 6.45) is 1.70. The molecule has 2 amide bonds. The lowest BCUT2D eigenvalue weighted by Gasteiger charge is -2.17. The molecule has 1 N–H and O–H groups in total. The molecule has 0 aromatic heterocycles. The Morgan fingerprint density at radius 2 is 2.08 bits per heavy atom. The van der Waals surface area contributed by atoms with Crippen LogP contribution in [0.3, 0.4) is 0 Å². The first-order valence-corrected chi connectivity index (χ1v) is 8.40. The zero-order chi connectivity index (χ0) is 17.8. The van der Waals surface area contributed by atoms with Gasteiger partial charge in [-0.05, 0) is 37.6 Å². The van der Waals surface area contributed by atoms with Gasteiger partial charge in [0.25, 0.3) is 0 Å². The van der Waals surface area contributed by atoms with Crippen LogP contribution < -0.4 is 15.0 Å². The summed E-state index contributed by atoms with van der Waals surface area (Å²) in [5.41, 5.74) is 3.45. The third kappa shape index (κ3) is 3.99. The molecule has 0 aliphatic carbocycles. The van der Waals surface area contributed by atoms with Gasteiger partial charge in [-0.2, -0.15) is 0 Å². The van der Waals surface area contributed by atoms with Crippen molar-refractivity contribution in [1.82, 2.24) is 0 Å². The summed E-state index contributed by atoms with van der Waals surface area (Å²) in [6, 6.07) is 13.2. The average Bonchev–Trinajstić information content (AvgIpc) is 3.01. The minimum absolute atomic E-state index is 0.117. The van der Waals surface area contributed by atoms with Gasteiger partial charge >= 0.3 is 0 Å². The number of rotatable bonds is 5. The summed E-state index contributed by atoms with van der Waals surface area (Å²) < 4.78 is 5.33. The minimum atomic E-state index is -0.117. The standard InChI is InChI=1S/C20H22N2O3/c1-14-8-9-18(25-2)15(11-14)12-19(23)21-16-5-3-6-17(13-16)22-10-4-7-20(22)24/h3,5-6,8-9,11,13H,4,7,10,12H2,1-2H3,(H,21,23). The molecule has 1 saturated heterocycles. The number of amides is 2. The fourth-order valence-electron chi connectivity index (χ4n) is 3.10. The van der Waals surface area contributed by atoms with Crippen LogP contribution in [-0.4, -0.2) is 25.5 Å². The largest absolute Gasteiger partial charge is 0.496 e. The smallest absolute Gasteiger partial charge is 0.228 e. The number of hydrogen-bond acceptors (Lipinski definition) is 3. The van der Waals surface area contributed by atoms with E-state index < -0.39 is 0 Å².